The van der Waals surface area contributed by atoms with Gasteiger partial charge in [0.15, 0.2) is 0 Å². The molecule has 1 aliphatic carbocycles. The van der Waals surface area contributed by atoms with Crippen LogP contribution in [0.25, 0.3) is 0 Å². The van der Waals surface area contributed by atoms with Gasteiger partial charge in [-0.15, -0.1) is 0 Å². The Hall–Kier alpha value is -0.610. The Morgan fingerprint density at radius 1 is 1.21 bits per heavy atom. The van der Waals surface area contributed by atoms with Crippen LogP contribution in [-0.2, 0) is 4.79 Å². The summed E-state index contributed by atoms with van der Waals surface area (Å²) in [6, 6.07) is 0.898. The van der Waals surface area contributed by atoms with Crippen molar-refractivity contribution >= 4 is 5.91 Å². The maximum absolute atomic E-state index is 12.8. The Morgan fingerprint density at radius 3 is 2.53 bits per heavy atom. The zero-order valence-electron chi connectivity index (χ0n) is 12.7. The fourth-order valence-corrected chi connectivity index (χ4v) is 3.39. The molecule has 110 valence electrons. The number of amides is 1. The second kappa shape index (κ2) is 6.71. The summed E-state index contributed by atoms with van der Waals surface area (Å²) >= 11 is 0. The van der Waals surface area contributed by atoms with Gasteiger partial charge >= 0.3 is 0 Å². The third-order valence-corrected chi connectivity index (χ3v) is 4.43. The van der Waals surface area contributed by atoms with Crippen LogP contribution in [0.5, 0.6) is 0 Å². The zero-order chi connectivity index (χ0) is 13.8. The van der Waals surface area contributed by atoms with Crippen LogP contribution in [-0.4, -0.2) is 61.0 Å². The summed E-state index contributed by atoms with van der Waals surface area (Å²) < 4.78 is 0. The van der Waals surface area contributed by atoms with Crippen molar-refractivity contribution < 1.29 is 4.79 Å². The molecule has 2 unspecified atom stereocenters. The van der Waals surface area contributed by atoms with E-state index in [0.717, 1.165) is 19.5 Å². The Labute approximate surface area is 117 Å². The average molecular weight is 267 g/mol. The van der Waals surface area contributed by atoms with Crippen molar-refractivity contribution in [3.05, 3.63) is 0 Å². The van der Waals surface area contributed by atoms with E-state index in [9.17, 15) is 4.79 Å². The minimum Gasteiger partial charge on any atom is -0.338 e. The molecule has 1 saturated heterocycles. The number of rotatable bonds is 3. The normalized spacial score (nSPS) is 30.7. The summed E-state index contributed by atoms with van der Waals surface area (Å²) in [7, 11) is 4.07. The lowest BCUT2D eigenvalue weighted by Gasteiger charge is -2.35. The number of nitrogens with one attached hydrogen (secondary N) is 1. The average Bonchev–Trinajstić information content (AvgIpc) is 2.51. The monoisotopic (exact) mass is 267 g/mol. The van der Waals surface area contributed by atoms with Gasteiger partial charge in [-0.05, 0) is 40.3 Å². The van der Waals surface area contributed by atoms with Gasteiger partial charge in [0, 0.05) is 25.2 Å². The van der Waals surface area contributed by atoms with Crippen LogP contribution in [0.3, 0.4) is 0 Å². The summed E-state index contributed by atoms with van der Waals surface area (Å²) in [4.78, 5) is 17.1. The lowest BCUT2D eigenvalue weighted by atomic mass is 9.93. The summed E-state index contributed by atoms with van der Waals surface area (Å²) in [5, 5.41) is 3.50. The smallest absolute Gasteiger partial charge is 0.241 e. The Balaban J connectivity index is 2.06. The van der Waals surface area contributed by atoms with Gasteiger partial charge in [-0.25, -0.2) is 0 Å². The van der Waals surface area contributed by atoms with E-state index in [4.69, 9.17) is 0 Å². The molecule has 4 heteroatoms. The molecule has 1 saturated carbocycles. The quantitative estimate of drug-likeness (QED) is 0.841. The maximum atomic E-state index is 12.8. The number of hydrogen-bond acceptors (Lipinski definition) is 3. The second-order valence-electron chi connectivity index (χ2n) is 6.49. The van der Waals surface area contributed by atoms with Crippen LogP contribution in [0.2, 0.25) is 0 Å². The van der Waals surface area contributed by atoms with Gasteiger partial charge in [-0.3, -0.25) is 4.79 Å². The zero-order valence-corrected chi connectivity index (χ0v) is 12.7. The molecule has 0 radical (unpaired) electrons. The summed E-state index contributed by atoms with van der Waals surface area (Å²) in [5.41, 5.74) is 0. The van der Waals surface area contributed by atoms with E-state index in [1.54, 1.807) is 0 Å². The molecule has 1 N–H and O–H groups in total. The van der Waals surface area contributed by atoms with Gasteiger partial charge in [-0.1, -0.05) is 19.3 Å². The second-order valence-corrected chi connectivity index (χ2v) is 6.49. The molecule has 4 nitrogen and oxygen atoms in total. The first-order valence-electron chi connectivity index (χ1n) is 7.79. The van der Waals surface area contributed by atoms with Gasteiger partial charge in [0.05, 0.1) is 6.04 Å². The predicted octanol–water partition coefficient (Wildman–Crippen LogP) is 1.46. The highest BCUT2D eigenvalue weighted by Crippen LogP contribution is 2.24. The molecule has 19 heavy (non-hydrogen) atoms. The van der Waals surface area contributed by atoms with Gasteiger partial charge in [0.1, 0.15) is 0 Å². The minimum atomic E-state index is -0.0329. The van der Waals surface area contributed by atoms with Gasteiger partial charge in [0.25, 0.3) is 0 Å². The molecule has 1 heterocycles. The topological polar surface area (TPSA) is 35.6 Å². The van der Waals surface area contributed by atoms with Crippen molar-refractivity contribution in [2.45, 2.75) is 63.6 Å². The van der Waals surface area contributed by atoms with Crippen LogP contribution in [0.1, 0.15) is 45.4 Å². The molecular formula is C15H29N3O. The van der Waals surface area contributed by atoms with Crippen LogP contribution in [0.4, 0.5) is 0 Å². The Bertz CT molecular complexity index is 300. The number of likely N-dealkylation sites (N-methyl/N-ethyl adjacent to an activating group) is 1. The van der Waals surface area contributed by atoms with Crippen molar-refractivity contribution in [2.24, 2.45) is 0 Å². The molecule has 2 aliphatic rings. The largest absolute Gasteiger partial charge is 0.338 e. The van der Waals surface area contributed by atoms with Crippen LogP contribution < -0.4 is 5.32 Å². The first-order valence-corrected chi connectivity index (χ1v) is 7.79. The third kappa shape index (κ3) is 3.93. The predicted molar refractivity (Wildman–Crippen MR) is 78.1 cm³/mol. The van der Waals surface area contributed by atoms with E-state index >= 15 is 0 Å². The molecule has 1 amide bonds. The van der Waals surface area contributed by atoms with E-state index < -0.39 is 0 Å². The minimum absolute atomic E-state index is 0.0329. The molecule has 0 aromatic heterocycles. The molecule has 0 aromatic rings. The highest BCUT2D eigenvalue weighted by molar-refractivity contribution is 5.82. The molecule has 0 bridgehead atoms. The van der Waals surface area contributed by atoms with Gasteiger partial charge in [-0.2, -0.15) is 0 Å². The molecule has 1 aliphatic heterocycles. The Morgan fingerprint density at radius 2 is 1.89 bits per heavy atom. The summed E-state index contributed by atoms with van der Waals surface area (Å²) in [6.45, 7) is 3.92. The van der Waals surface area contributed by atoms with Crippen molar-refractivity contribution in [1.29, 1.82) is 0 Å². The van der Waals surface area contributed by atoms with Gasteiger partial charge in [0.2, 0.25) is 5.91 Å². The molecule has 2 rings (SSSR count). The first kappa shape index (κ1) is 14.8. The number of hydrogen-bond donors (Lipinski definition) is 1. The molecule has 0 aromatic carbocycles. The molecule has 2 atom stereocenters. The highest BCUT2D eigenvalue weighted by Gasteiger charge is 2.33. The molecular weight excluding hydrogens is 238 g/mol. The van der Waals surface area contributed by atoms with Crippen molar-refractivity contribution in [3.8, 4) is 0 Å². The third-order valence-electron chi connectivity index (χ3n) is 4.43. The van der Waals surface area contributed by atoms with Crippen LogP contribution >= 0.6 is 0 Å². The van der Waals surface area contributed by atoms with Crippen molar-refractivity contribution in [3.63, 3.8) is 0 Å². The highest BCUT2D eigenvalue weighted by atomic mass is 16.2. The van der Waals surface area contributed by atoms with Crippen molar-refractivity contribution in [2.75, 3.05) is 27.2 Å². The molecule has 2 fully saturated rings. The SMILES string of the molecule is CC1CCN(C2CCCCC2)C(=O)C(CN(C)C)N1. The van der Waals surface area contributed by atoms with E-state index in [1.807, 2.05) is 14.1 Å². The van der Waals surface area contributed by atoms with Crippen LogP contribution in [0.15, 0.2) is 0 Å². The van der Waals surface area contributed by atoms with E-state index in [-0.39, 0.29) is 6.04 Å². The fraction of sp³-hybridized carbons (Fsp3) is 0.933. The van der Waals surface area contributed by atoms with E-state index in [1.165, 1.54) is 32.1 Å². The number of nitrogens with zero attached hydrogens (tertiary/aromatic N) is 2. The van der Waals surface area contributed by atoms with Crippen LogP contribution in [0, 0.1) is 0 Å². The Kier molecular flexibility index (Phi) is 5.22. The molecule has 0 spiro atoms. The standard InChI is InChI=1S/C15H29N3O/c1-12-9-10-18(13-7-5-4-6-8-13)15(19)14(16-12)11-17(2)3/h12-14,16H,4-11H2,1-3H3. The summed E-state index contributed by atoms with van der Waals surface area (Å²) in [5.74, 6) is 0.324. The number of carbonyl (C=O) groups excluding carboxylic acids is 1. The van der Waals surface area contributed by atoms with Crippen molar-refractivity contribution in [1.82, 2.24) is 15.1 Å². The van der Waals surface area contributed by atoms with E-state index in [2.05, 4.69) is 22.0 Å². The lowest BCUT2D eigenvalue weighted by molar-refractivity contribution is -0.136. The fourth-order valence-electron chi connectivity index (χ4n) is 3.39. The lowest BCUT2D eigenvalue weighted by Crippen LogP contribution is -2.52. The first-order chi connectivity index (χ1) is 9.08. The van der Waals surface area contributed by atoms with Gasteiger partial charge < -0.3 is 15.1 Å². The van der Waals surface area contributed by atoms with E-state index in [0.29, 0.717) is 18.0 Å². The maximum Gasteiger partial charge on any atom is 0.241 e. The summed E-state index contributed by atoms with van der Waals surface area (Å²) in [6.07, 6.45) is 7.40. The number of carbonyl (C=O) groups is 1.